The molecule has 0 aliphatic rings. The number of ether oxygens (including phenoxy) is 1. The Kier molecular flexibility index (Phi) is 21.1. The average molecular weight is 510 g/mol. The molecule has 0 heterocycles. The number of hydrogen-bond donors (Lipinski definition) is 0. The maximum absolute atomic E-state index is 6.40. The van der Waals surface area contributed by atoms with Gasteiger partial charge in [0.15, 0.2) is 0 Å². The van der Waals surface area contributed by atoms with Crippen molar-refractivity contribution in [3.05, 3.63) is 0 Å². The van der Waals surface area contributed by atoms with Crippen LogP contribution in [0, 0.1) is 0 Å². The average Bonchev–Trinajstić information content (AvgIpc) is 2.76. The standard InChI is InChI=1S/C27H58BrOP/c1-5-9-13-14-15-16-17-18-19-20-21-22-23-29-27-30(28,24-10-6-2,25-11-7-3)26-12-8-4/h5-27H2,1-4H3. The first-order valence-corrected chi connectivity index (χ1v) is 18.8. The van der Waals surface area contributed by atoms with E-state index in [2.05, 4.69) is 43.2 Å². The van der Waals surface area contributed by atoms with Gasteiger partial charge in [0, 0.05) is 0 Å². The SMILES string of the molecule is CCCCCCCCCCCCCCOCP(Br)(CCCC)(CCCC)CCCC. The van der Waals surface area contributed by atoms with E-state index >= 15 is 0 Å². The quantitative estimate of drug-likeness (QED) is 0.0929. The van der Waals surface area contributed by atoms with Gasteiger partial charge < -0.3 is 0 Å². The van der Waals surface area contributed by atoms with Crippen molar-refractivity contribution in [2.75, 3.05) is 31.4 Å². The van der Waals surface area contributed by atoms with Crippen molar-refractivity contribution in [3.63, 3.8) is 0 Å². The molecule has 0 fully saturated rings. The van der Waals surface area contributed by atoms with Gasteiger partial charge in [-0.25, -0.2) is 0 Å². The van der Waals surface area contributed by atoms with Gasteiger partial charge in [0.25, 0.3) is 0 Å². The molecule has 0 rings (SSSR count). The third-order valence-electron chi connectivity index (χ3n) is 6.77. The van der Waals surface area contributed by atoms with Crippen LogP contribution in [-0.2, 0) is 4.74 Å². The van der Waals surface area contributed by atoms with Crippen molar-refractivity contribution < 1.29 is 4.74 Å². The maximum atomic E-state index is 6.40. The van der Waals surface area contributed by atoms with E-state index in [9.17, 15) is 0 Å². The molecule has 0 spiro atoms. The van der Waals surface area contributed by atoms with E-state index in [-0.39, 0.29) is 0 Å². The first-order chi connectivity index (χ1) is 14.5. The molecule has 0 bridgehead atoms. The van der Waals surface area contributed by atoms with Gasteiger partial charge in [-0.3, -0.25) is 0 Å². The van der Waals surface area contributed by atoms with Crippen LogP contribution in [0.3, 0.4) is 0 Å². The van der Waals surface area contributed by atoms with Gasteiger partial charge in [0.1, 0.15) is 0 Å². The van der Waals surface area contributed by atoms with E-state index in [1.807, 2.05) is 0 Å². The van der Waals surface area contributed by atoms with Gasteiger partial charge in [0.05, 0.1) is 0 Å². The van der Waals surface area contributed by atoms with Gasteiger partial charge >= 0.3 is 174 Å². The molecule has 30 heavy (non-hydrogen) atoms. The topological polar surface area (TPSA) is 9.23 Å². The Morgan fingerprint density at radius 3 is 1.17 bits per heavy atom. The second-order valence-corrected chi connectivity index (χ2v) is 21.2. The van der Waals surface area contributed by atoms with E-state index in [0.29, 0.717) is 0 Å². The first kappa shape index (κ1) is 30.9. The van der Waals surface area contributed by atoms with E-state index in [1.54, 1.807) is 0 Å². The van der Waals surface area contributed by atoms with Crippen LogP contribution < -0.4 is 0 Å². The molecular weight excluding hydrogens is 451 g/mol. The van der Waals surface area contributed by atoms with Gasteiger partial charge in [-0.2, -0.15) is 0 Å². The Labute approximate surface area is 199 Å². The van der Waals surface area contributed by atoms with Gasteiger partial charge in [0.2, 0.25) is 0 Å². The third kappa shape index (κ3) is 16.5. The van der Waals surface area contributed by atoms with Gasteiger partial charge in [-0.15, -0.1) is 0 Å². The molecule has 0 unspecified atom stereocenters. The fraction of sp³-hybridized carbons (Fsp3) is 1.00. The van der Waals surface area contributed by atoms with E-state index in [1.165, 1.54) is 134 Å². The number of halogens is 1. The Bertz CT molecular complexity index is 336. The Balaban J connectivity index is 3.99. The summed E-state index contributed by atoms with van der Waals surface area (Å²) in [7, 11) is 0. The molecule has 0 aromatic rings. The summed E-state index contributed by atoms with van der Waals surface area (Å²) in [5.74, 6) is 0. The zero-order chi connectivity index (χ0) is 22.4. The molecule has 0 aliphatic heterocycles. The predicted octanol–water partition coefficient (Wildman–Crippen LogP) is 10.9. The summed E-state index contributed by atoms with van der Waals surface area (Å²) in [6.45, 7) is 10.3. The van der Waals surface area contributed by atoms with Crippen molar-refractivity contribution in [1.82, 2.24) is 0 Å². The van der Waals surface area contributed by atoms with Crippen LogP contribution in [0.15, 0.2) is 0 Å². The molecule has 0 aromatic carbocycles. The zero-order valence-corrected chi connectivity index (χ0v) is 24.0. The molecule has 0 aliphatic carbocycles. The monoisotopic (exact) mass is 508 g/mol. The van der Waals surface area contributed by atoms with Crippen LogP contribution in [0.4, 0.5) is 0 Å². The third-order valence-corrected chi connectivity index (χ3v) is 15.7. The molecule has 0 N–H and O–H groups in total. The number of hydrogen-bond acceptors (Lipinski definition) is 1. The molecular formula is C27H58BrOP. The molecule has 0 amide bonds. The molecule has 0 atom stereocenters. The number of unbranched alkanes of at least 4 members (excludes halogenated alkanes) is 14. The summed E-state index contributed by atoms with van der Waals surface area (Å²) >= 11 is 4.44. The van der Waals surface area contributed by atoms with Gasteiger partial charge in [-0.1, -0.05) is 26.2 Å². The number of rotatable bonds is 24. The fourth-order valence-corrected chi connectivity index (χ4v) is 12.2. The molecule has 1 nitrogen and oxygen atoms in total. The normalized spacial score (nSPS) is 13.4. The summed E-state index contributed by atoms with van der Waals surface area (Å²) in [6.07, 6.45) is 30.1. The van der Waals surface area contributed by atoms with Crippen LogP contribution in [0.2, 0.25) is 0 Å². The van der Waals surface area contributed by atoms with Crippen molar-refractivity contribution in [1.29, 1.82) is 0 Å². The Morgan fingerprint density at radius 1 is 0.467 bits per heavy atom. The summed E-state index contributed by atoms with van der Waals surface area (Å²) in [5.41, 5.74) is 0. The molecule has 0 radical (unpaired) electrons. The van der Waals surface area contributed by atoms with Crippen molar-refractivity contribution in [2.24, 2.45) is 0 Å². The molecule has 3 heteroatoms. The molecule has 0 saturated heterocycles. The van der Waals surface area contributed by atoms with Crippen LogP contribution in [0.25, 0.3) is 0 Å². The van der Waals surface area contributed by atoms with Crippen LogP contribution in [-0.4, -0.2) is 31.4 Å². The van der Waals surface area contributed by atoms with Crippen molar-refractivity contribution in [2.45, 2.75) is 143 Å². The first-order valence-electron chi connectivity index (χ1n) is 13.8. The predicted molar refractivity (Wildman–Crippen MR) is 147 cm³/mol. The minimum atomic E-state index is -1.86. The summed E-state index contributed by atoms with van der Waals surface area (Å²) in [4.78, 5) is 0. The van der Waals surface area contributed by atoms with Crippen LogP contribution in [0.5, 0.6) is 0 Å². The van der Waals surface area contributed by atoms with Crippen LogP contribution in [0.1, 0.15) is 143 Å². The van der Waals surface area contributed by atoms with Crippen molar-refractivity contribution in [3.8, 4) is 0 Å². The summed E-state index contributed by atoms with van der Waals surface area (Å²) < 4.78 is 6.40. The second kappa shape index (κ2) is 20.5. The molecule has 0 saturated carbocycles. The van der Waals surface area contributed by atoms with E-state index < -0.39 is 5.31 Å². The molecule has 0 aromatic heterocycles. The molecule has 184 valence electrons. The second-order valence-electron chi connectivity index (χ2n) is 9.98. The Morgan fingerprint density at radius 2 is 0.800 bits per heavy atom. The van der Waals surface area contributed by atoms with Crippen LogP contribution >= 0.6 is 20.8 Å². The summed E-state index contributed by atoms with van der Waals surface area (Å²) in [6, 6.07) is 0. The minimum absolute atomic E-state index is 0.977. The van der Waals surface area contributed by atoms with Gasteiger partial charge in [-0.05, 0) is 0 Å². The summed E-state index contributed by atoms with van der Waals surface area (Å²) in [5, 5.41) is -1.86. The zero-order valence-electron chi connectivity index (χ0n) is 21.5. The fourth-order valence-electron chi connectivity index (χ4n) is 4.53. The van der Waals surface area contributed by atoms with E-state index in [4.69, 9.17) is 4.74 Å². The van der Waals surface area contributed by atoms with E-state index in [0.717, 1.165) is 13.0 Å². The Hall–Kier alpha value is 0.870. The van der Waals surface area contributed by atoms with Crippen molar-refractivity contribution >= 4 is 20.8 Å².